The second-order valence-electron chi connectivity index (χ2n) is 5.08. The molecule has 2 aliphatic rings. The van der Waals surface area contributed by atoms with Crippen LogP contribution in [0.15, 0.2) is 0 Å². The summed E-state index contributed by atoms with van der Waals surface area (Å²) < 4.78 is -0.653. The third-order valence-corrected chi connectivity index (χ3v) is 6.23. The van der Waals surface area contributed by atoms with E-state index in [0.29, 0.717) is 0 Å². The van der Waals surface area contributed by atoms with Gasteiger partial charge >= 0.3 is 0 Å². The molecule has 84 valence electrons. The van der Waals surface area contributed by atoms with E-state index in [1.165, 1.54) is 0 Å². The van der Waals surface area contributed by atoms with Gasteiger partial charge in [0.15, 0.2) is 11.6 Å². The molecule has 2 nitrogen and oxygen atoms in total. The predicted octanol–water partition coefficient (Wildman–Crippen LogP) is 1.58. The van der Waals surface area contributed by atoms with Crippen LogP contribution in [0, 0.1) is 11.8 Å². The highest BCUT2D eigenvalue weighted by atomic mass is 32.2. The summed E-state index contributed by atoms with van der Waals surface area (Å²) in [5, 5.41) is 0. The molecule has 0 heterocycles. The number of Topliss-reactive ketones (excluding diaryl/α,β-unsaturated/α-hetero) is 2. The Kier molecular flexibility index (Phi) is 2.70. The Labute approximate surface area is 94.2 Å². The van der Waals surface area contributed by atoms with Crippen molar-refractivity contribution in [2.45, 2.75) is 37.4 Å². The first-order valence-electron chi connectivity index (χ1n) is 5.66. The number of hydrogen-bond acceptors (Lipinski definition) is 2. The number of ketones is 2. The summed E-state index contributed by atoms with van der Waals surface area (Å²) in [5.41, 5.74) is 0. The Morgan fingerprint density at radius 3 is 1.80 bits per heavy atom. The molecule has 2 fully saturated rings. The average Bonchev–Trinajstić information content (AvgIpc) is 2.43. The largest absolute Gasteiger partial charge is 0.293 e. The van der Waals surface area contributed by atoms with Crippen LogP contribution in [0.1, 0.15) is 32.6 Å². The minimum Gasteiger partial charge on any atom is -0.293 e. The lowest BCUT2D eigenvalue weighted by atomic mass is 9.81. The molecule has 15 heavy (non-hydrogen) atoms. The summed E-state index contributed by atoms with van der Waals surface area (Å²) in [6, 6.07) is 0. The normalized spacial score (nSPS) is 41.1. The van der Waals surface area contributed by atoms with Crippen molar-refractivity contribution in [3.05, 3.63) is 0 Å². The molecule has 2 unspecified atom stereocenters. The van der Waals surface area contributed by atoms with Crippen LogP contribution in [-0.4, -0.2) is 28.8 Å². The number of hydrogen-bond donors (Lipinski definition) is 0. The quantitative estimate of drug-likeness (QED) is 0.503. The van der Waals surface area contributed by atoms with Crippen molar-refractivity contribution in [2.24, 2.45) is 11.8 Å². The highest BCUT2D eigenvalue weighted by Gasteiger charge is 2.64. The van der Waals surface area contributed by atoms with Gasteiger partial charge in [-0.3, -0.25) is 9.59 Å². The maximum absolute atomic E-state index is 12.3. The lowest BCUT2D eigenvalue weighted by molar-refractivity contribution is -0.125. The Morgan fingerprint density at radius 2 is 1.47 bits per heavy atom. The summed E-state index contributed by atoms with van der Waals surface area (Å²) in [6.45, 7) is 1.87. The van der Waals surface area contributed by atoms with Crippen LogP contribution in [0.4, 0.5) is 0 Å². The molecule has 2 aliphatic carbocycles. The van der Waals surface area contributed by atoms with Crippen LogP contribution in [0.3, 0.4) is 0 Å². The SMILES string of the molecule is C[S+](C)C1(C)C(=O)C2CCCCC2C1=O. The monoisotopic (exact) mass is 227 g/mol. The van der Waals surface area contributed by atoms with E-state index in [4.69, 9.17) is 0 Å². The zero-order valence-corrected chi connectivity index (χ0v) is 10.5. The first-order valence-corrected chi connectivity index (χ1v) is 7.70. The Bertz CT molecular complexity index is 285. The molecule has 0 aliphatic heterocycles. The van der Waals surface area contributed by atoms with E-state index in [-0.39, 0.29) is 34.3 Å². The third-order valence-electron chi connectivity index (χ3n) is 4.20. The zero-order valence-electron chi connectivity index (χ0n) is 9.71. The smallest absolute Gasteiger partial charge is 0.240 e. The minimum absolute atomic E-state index is 0.0612. The summed E-state index contributed by atoms with van der Waals surface area (Å²) in [7, 11) is -0.133. The van der Waals surface area contributed by atoms with Gasteiger partial charge in [0.1, 0.15) is 0 Å². The molecular formula is C12H19O2S+. The van der Waals surface area contributed by atoms with Gasteiger partial charge in [0.05, 0.1) is 12.5 Å². The minimum atomic E-state index is -0.653. The van der Waals surface area contributed by atoms with Crippen molar-refractivity contribution in [2.75, 3.05) is 12.5 Å². The maximum atomic E-state index is 12.3. The molecule has 0 aromatic heterocycles. The molecule has 0 N–H and O–H groups in total. The lowest BCUT2D eigenvalue weighted by Crippen LogP contribution is -2.45. The molecule has 0 spiro atoms. The van der Waals surface area contributed by atoms with Crippen molar-refractivity contribution >= 4 is 22.5 Å². The fraction of sp³-hybridized carbons (Fsp3) is 0.833. The number of carbonyl (C=O) groups excluding carboxylic acids is 2. The van der Waals surface area contributed by atoms with E-state index < -0.39 is 4.75 Å². The third kappa shape index (κ3) is 1.39. The topological polar surface area (TPSA) is 34.1 Å². The fourth-order valence-corrected chi connectivity index (χ4v) is 4.10. The van der Waals surface area contributed by atoms with Gasteiger partial charge < -0.3 is 0 Å². The van der Waals surface area contributed by atoms with Gasteiger partial charge in [-0.15, -0.1) is 0 Å². The van der Waals surface area contributed by atoms with E-state index in [1.54, 1.807) is 0 Å². The van der Waals surface area contributed by atoms with Crippen LogP contribution in [-0.2, 0) is 20.5 Å². The fourth-order valence-electron chi connectivity index (χ4n) is 2.99. The van der Waals surface area contributed by atoms with E-state index in [9.17, 15) is 9.59 Å². The zero-order chi connectivity index (χ0) is 11.2. The molecule has 0 aromatic rings. The maximum Gasteiger partial charge on any atom is 0.240 e. The summed E-state index contributed by atoms with van der Waals surface area (Å²) in [6.07, 6.45) is 8.18. The van der Waals surface area contributed by atoms with Gasteiger partial charge in [0.2, 0.25) is 4.75 Å². The van der Waals surface area contributed by atoms with E-state index in [2.05, 4.69) is 0 Å². The van der Waals surface area contributed by atoms with Gasteiger partial charge in [-0.1, -0.05) is 12.8 Å². The molecule has 0 aromatic carbocycles. The molecule has 0 saturated heterocycles. The van der Waals surface area contributed by atoms with E-state index in [1.807, 2.05) is 19.4 Å². The molecular weight excluding hydrogens is 208 g/mol. The van der Waals surface area contributed by atoms with Crippen LogP contribution >= 0.6 is 0 Å². The Morgan fingerprint density at radius 1 is 1.07 bits per heavy atom. The van der Waals surface area contributed by atoms with Crippen LogP contribution in [0.2, 0.25) is 0 Å². The van der Waals surface area contributed by atoms with Gasteiger partial charge in [-0.2, -0.15) is 0 Å². The summed E-state index contributed by atoms with van der Waals surface area (Å²) in [4.78, 5) is 24.6. The predicted molar refractivity (Wildman–Crippen MR) is 63.1 cm³/mol. The second kappa shape index (κ2) is 3.62. The van der Waals surface area contributed by atoms with Crippen LogP contribution in [0.25, 0.3) is 0 Å². The number of fused-ring (bicyclic) bond motifs is 1. The number of carbonyl (C=O) groups is 2. The lowest BCUT2D eigenvalue weighted by Gasteiger charge is -2.20. The van der Waals surface area contributed by atoms with Crippen LogP contribution < -0.4 is 0 Å². The summed E-state index contributed by atoms with van der Waals surface area (Å²) >= 11 is 0. The van der Waals surface area contributed by atoms with Crippen molar-refractivity contribution in [1.29, 1.82) is 0 Å². The second-order valence-corrected chi connectivity index (χ2v) is 7.53. The molecule has 0 bridgehead atoms. The van der Waals surface area contributed by atoms with Crippen molar-refractivity contribution in [3.63, 3.8) is 0 Å². The molecule has 2 rings (SSSR count). The van der Waals surface area contributed by atoms with Crippen molar-refractivity contribution in [1.82, 2.24) is 0 Å². The van der Waals surface area contributed by atoms with E-state index >= 15 is 0 Å². The molecule has 2 saturated carbocycles. The Hall–Kier alpha value is -0.310. The first kappa shape index (κ1) is 11.2. The summed E-state index contributed by atoms with van der Waals surface area (Å²) in [5.74, 6) is 0.605. The standard InChI is InChI=1S/C12H19O2S/c1-12(15(2)3)10(13)8-6-4-5-7-9(8)11(12)14/h8-9H,4-7H2,1-3H3/q+1. The Balaban J connectivity index is 2.37. The van der Waals surface area contributed by atoms with Crippen LogP contribution in [0.5, 0.6) is 0 Å². The highest BCUT2D eigenvalue weighted by Crippen LogP contribution is 2.45. The molecule has 0 radical (unpaired) electrons. The molecule has 3 heteroatoms. The van der Waals surface area contributed by atoms with Crippen molar-refractivity contribution in [3.8, 4) is 0 Å². The number of rotatable bonds is 1. The van der Waals surface area contributed by atoms with E-state index in [0.717, 1.165) is 25.7 Å². The van der Waals surface area contributed by atoms with Gasteiger partial charge in [-0.25, -0.2) is 0 Å². The molecule has 2 atom stereocenters. The first-order chi connectivity index (χ1) is 6.99. The van der Waals surface area contributed by atoms with Gasteiger partial charge in [-0.05, 0) is 12.8 Å². The van der Waals surface area contributed by atoms with Gasteiger partial charge in [0, 0.05) is 29.7 Å². The van der Waals surface area contributed by atoms with Gasteiger partial charge in [0.25, 0.3) is 0 Å². The van der Waals surface area contributed by atoms with Crippen molar-refractivity contribution < 1.29 is 9.59 Å². The average molecular weight is 227 g/mol. The highest BCUT2D eigenvalue weighted by molar-refractivity contribution is 7.98. The molecule has 0 amide bonds.